The zero-order chi connectivity index (χ0) is 13.3. The van der Waals surface area contributed by atoms with Gasteiger partial charge >= 0.3 is 0 Å². The van der Waals surface area contributed by atoms with Gasteiger partial charge in [-0.05, 0) is 44.7 Å². The summed E-state index contributed by atoms with van der Waals surface area (Å²) in [6.07, 6.45) is 3.72. The lowest BCUT2D eigenvalue weighted by molar-refractivity contribution is 0.0634. The molecule has 1 atom stereocenters. The topological polar surface area (TPSA) is 45.5 Å². The van der Waals surface area contributed by atoms with E-state index in [1.165, 1.54) is 0 Å². The van der Waals surface area contributed by atoms with Gasteiger partial charge in [0.15, 0.2) is 0 Å². The molecule has 1 aromatic rings. The van der Waals surface area contributed by atoms with E-state index in [1.54, 1.807) is 11.9 Å². The Morgan fingerprint density at radius 1 is 1.56 bits per heavy atom. The van der Waals surface area contributed by atoms with Gasteiger partial charge in [-0.3, -0.25) is 4.79 Å². The van der Waals surface area contributed by atoms with Crippen molar-refractivity contribution in [3.05, 3.63) is 24.0 Å². The van der Waals surface area contributed by atoms with Crippen molar-refractivity contribution in [2.45, 2.75) is 38.8 Å². The minimum absolute atomic E-state index is 0.0200. The van der Waals surface area contributed by atoms with E-state index in [4.69, 9.17) is 0 Å². The van der Waals surface area contributed by atoms with Crippen LogP contribution in [0.25, 0.3) is 0 Å². The number of hydrogen-bond donors (Lipinski definition) is 1. The number of rotatable bonds is 5. The van der Waals surface area contributed by atoms with Crippen LogP contribution in [-0.2, 0) is 0 Å². The molecule has 1 amide bonds. The van der Waals surface area contributed by atoms with Gasteiger partial charge in [0, 0.05) is 25.8 Å². The van der Waals surface area contributed by atoms with E-state index in [2.05, 4.69) is 13.8 Å². The first kappa shape index (κ1) is 13.1. The largest absolute Gasteiger partial charge is 0.391 e. The highest BCUT2D eigenvalue weighted by Gasteiger charge is 2.31. The fourth-order valence-electron chi connectivity index (χ4n) is 2.21. The molecule has 1 aliphatic carbocycles. The van der Waals surface area contributed by atoms with Gasteiger partial charge in [-0.25, -0.2) is 0 Å². The summed E-state index contributed by atoms with van der Waals surface area (Å²) in [5.41, 5.74) is 0.690. The van der Waals surface area contributed by atoms with Gasteiger partial charge in [-0.1, -0.05) is 0 Å². The Labute approximate surface area is 108 Å². The van der Waals surface area contributed by atoms with Crippen LogP contribution in [0.3, 0.4) is 0 Å². The number of nitrogens with zero attached hydrogens (tertiary/aromatic N) is 2. The molecule has 4 heteroatoms. The number of amides is 1. The summed E-state index contributed by atoms with van der Waals surface area (Å²) >= 11 is 0. The van der Waals surface area contributed by atoms with Gasteiger partial charge in [-0.2, -0.15) is 0 Å². The lowest BCUT2D eigenvalue weighted by Crippen LogP contribution is -2.36. The minimum atomic E-state index is -0.374. The third-order valence-electron chi connectivity index (χ3n) is 3.53. The van der Waals surface area contributed by atoms with E-state index >= 15 is 0 Å². The number of aliphatic hydroxyl groups is 1. The number of hydrogen-bond acceptors (Lipinski definition) is 2. The Bertz CT molecular complexity index is 421. The average Bonchev–Trinajstić information content (AvgIpc) is 3.05. The molecule has 18 heavy (non-hydrogen) atoms. The van der Waals surface area contributed by atoms with Crippen molar-refractivity contribution in [1.82, 2.24) is 9.47 Å². The molecule has 1 unspecified atom stereocenters. The van der Waals surface area contributed by atoms with Crippen LogP contribution >= 0.6 is 0 Å². The molecule has 0 saturated heterocycles. The molecule has 0 radical (unpaired) electrons. The Morgan fingerprint density at radius 3 is 2.78 bits per heavy atom. The summed E-state index contributed by atoms with van der Waals surface area (Å²) in [6.45, 7) is 4.53. The minimum Gasteiger partial charge on any atom is -0.391 e. The Kier molecular flexibility index (Phi) is 3.76. The van der Waals surface area contributed by atoms with Crippen molar-refractivity contribution in [2.75, 3.05) is 13.6 Å². The predicted molar refractivity (Wildman–Crippen MR) is 70.5 cm³/mol. The third-order valence-corrected chi connectivity index (χ3v) is 3.53. The fraction of sp³-hybridized carbons (Fsp3) is 0.643. The van der Waals surface area contributed by atoms with Gasteiger partial charge in [0.05, 0.1) is 6.10 Å². The average molecular weight is 250 g/mol. The lowest BCUT2D eigenvalue weighted by atomic mass is 10.2. The van der Waals surface area contributed by atoms with Gasteiger partial charge in [-0.15, -0.1) is 0 Å². The molecular formula is C14H22N2O2. The Balaban J connectivity index is 2.02. The van der Waals surface area contributed by atoms with Crippen LogP contribution in [-0.4, -0.2) is 40.2 Å². The van der Waals surface area contributed by atoms with Crippen molar-refractivity contribution in [2.24, 2.45) is 5.92 Å². The van der Waals surface area contributed by atoms with Gasteiger partial charge in [0.1, 0.15) is 5.69 Å². The van der Waals surface area contributed by atoms with E-state index in [1.807, 2.05) is 22.9 Å². The molecule has 1 fully saturated rings. The lowest BCUT2D eigenvalue weighted by Gasteiger charge is -2.22. The van der Waals surface area contributed by atoms with E-state index < -0.39 is 0 Å². The number of aliphatic hydroxyl groups excluding tert-OH is 1. The first-order chi connectivity index (χ1) is 8.50. The van der Waals surface area contributed by atoms with Crippen molar-refractivity contribution in [3.63, 3.8) is 0 Å². The molecule has 0 aliphatic heterocycles. The van der Waals surface area contributed by atoms with Crippen LogP contribution in [0.2, 0.25) is 0 Å². The van der Waals surface area contributed by atoms with Crippen LogP contribution < -0.4 is 0 Å². The first-order valence-corrected chi connectivity index (χ1v) is 6.61. The standard InChI is InChI=1S/C14H22N2O2/c1-10(2)16-8-4-5-12(16)14(18)15(3)9-13(17)11-6-7-11/h4-5,8,10-11,13,17H,6-7,9H2,1-3H3. The first-order valence-electron chi connectivity index (χ1n) is 6.61. The highest BCUT2D eigenvalue weighted by atomic mass is 16.3. The molecule has 1 N–H and O–H groups in total. The van der Waals surface area contributed by atoms with Crippen LogP contribution in [0, 0.1) is 5.92 Å². The molecule has 1 aromatic heterocycles. The summed E-state index contributed by atoms with van der Waals surface area (Å²) in [7, 11) is 1.76. The Hall–Kier alpha value is -1.29. The smallest absolute Gasteiger partial charge is 0.270 e. The van der Waals surface area contributed by atoms with Crippen molar-refractivity contribution in [3.8, 4) is 0 Å². The van der Waals surface area contributed by atoms with Crippen LogP contribution in [0.15, 0.2) is 18.3 Å². The predicted octanol–water partition coefficient (Wildman–Crippen LogP) is 1.91. The maximum Gasteiger partial charge on any atom is 0.270 e. The highest BCUT2D eigenvalue weighted by molar-refractivity contribution is 5.92. The second-order valence-electron chi connectivity index (χ2n) is 5.48. The molecular weight excluding hydrogens is 228 g/mol. The highest BCUT2D eigenvalue weighted by Crippen LogP contribution is 2.32. The molecule has 1 heterocycles. The molecule has 0 spiro atoms. The van der Waals surface area contributed by atoms with Gasteiger partial charge in [0.2, 0.25) is 0 Å². The van der Waals surface area contributed by atoms with E-state index in [-0.39, 0.29) is 18.1 Å². The zero-order valence-corrected chi connectivity index (χ0v) is 11.3. The fourth-order valence-corrected chi connectivity index (χ4v) is 2.21. The van der Waals surface area contributed by atoms with Crippen molar-refractivity contribution < 1.29 is 9.90 Å². The normalized spacial score (nSPS) is 16.9. The summed E-state index contributed by atoms with van der Waals surface area (Å²) < 4.78 is 1.96. The monoisotopic (exact) mass is 250 g/mol. The summed E-state index contributed by atoms with van der Waals surface area (Å²) in [6, 6.07) is 3.99. The molecule has 1 saturated carbocycles. The second-order valence-corrected chi connectivity index (χ2v) is 5.48. The maximum absolute atomic E-state index is 12.3. The Morgan fingerprint density at radius 2 is 2.22 bits per heavy atom. The molecule has 0 aromatic carbocycles. The number of likely N-dealkylation sites (N-methyl/N-ethyl adjacent to an activating group) is 1. The van der Waals surface area contributed by atoms with E-state index in [0.717, 1.165) is 12.8 Å². The number of carbonyl (C=O) groups is 1. The van der Waals surface area contributed by atoms with Crippen LogP contribution in [0.4, 0.5) is 0 Å². The summed E-state index contributed by atoms with van der Waals surface area (Å²) in [5.74, 6) is 0.380. The van der Waals surface area contributed by atoms with Gasteiger partial charge in [0.25, 0.3) is 5.91 Å². The third kappa shape index (κ3) is 2.75. The van der Waals surface area contributed by atoms with Crippen LogP contribution in [0.5, 0.6) is 0 Å². The van der Waals surface area contributed by atoms with E-state index in [9.17, 15) is 9.90 Å². The zero-order valence-electron chi connectivity index (χ0n) is 11.3. The molecule has 2 rings (SSSR count). The maximum atomic E-state index is 12.3. The molecule has 0 bridgehead atoms. The summed E-state index contributed by atoms with van der Waals surface area (Å²) in [4.78, 5) is 13.9. The van der Waals surface area contributed by atoms with Crippen LogP contribution in [0.1, 0.15) is 43.2 Å². The molecule has 100 valence electrons. The SMILES string of the molecule is CC(C)n1cccc1C(=O)N(C)CC(O)C1CC1. The van der Waals surface area contributed by atoms with E-state index in [0.29, 0.717) is 18.2 Å². The summed E-state index contributed by atoms with van der Waals surface area (Å²) in [5, 5.41) is 9.88. The number of carbonyl (C=O) groups excluding carboxylic acids is 1. The molecule has 1 aliphatic rings. The van der Waals surface area contributed by atoms with Crippen molar-refractivity contribution in [1.29, 1.82) is 0 Å². The molecule has 4 nitrogen and oxygen atoms in total. The second kappa shape index (κ2) is 5.14. The number of aromatic nitrogens is 1. The quantitative estimate of drug-likeness (QED) is 0.867. The van der Waals surface area contributed by atoms with Crippen molar-refractivity contribution >= 4 is 5.91 Å². The van der Waals surface area contributed by atoms with Gasteiger partial charge < -0.3 is 14.6 Å².